The molecule has 43 heavy (non-hydrogen) atoms. The smallest absolute Gasteiger partial charge is 0.416 e. The highest BCUT2D eigenvalue weighted by Gasteiger charge is 2.31. The Bertz CT molecular complexity index is 1440. The number of nitrogens with zero attached hydrogens (tertiary/aromatic N) is 2. The summed E-state index contributed by atoms with van der Waals surface area (Å²) in [7, 11) is 0. The Hall–Kier alpha value is -3.95. The van der Waals surface area contributed by atoms with E-state index in [0.717, 1.165) is 41.4 Å². The maximum atomic E-state index is 13.1. The van der Waals surface area contributed by atoms with Crippen LogP contribution in [0.1, 0.15) is 62.4 Å². The zero-order chi connectivity index (χ0) is 30.8. The van der Waals surface area contributed by atoms with Gasteiger partial charge in [-0.1, -0.05) is 12.1 Å². The minimum Gasteiger partial charge on any atom is -0.490 e. The molecule has 0 bridgehead atoms. The van der Waals surface area contributed by atoms with Gasteiger partial charge in [-0.2, -0.15) is 13.2 Å². The van der Waals surface area contributed by atoms with E-state index in [-0.39, 0.29) is 24.1 Å². The number of alkyl halides is 3. The van der Waals surface area contributed by atoms with Crippen LogP contribution in [0.25, 0.3) is 10.8 Å². The fourth-order valence-corrected chi connectivity index (χ4v) is 5.53. The summed E-state index contributed by atoms with van der Waals surface area (Å²) in [4.78, 5) is 29.2. The van der Waals surface area contributed by atoms with Crippen LogP contribution in [0.4, 0.5) is 23.7 Å². The van der Waals surface area contributed by atoms with Gasteiger partial charge in [0, 0.05) is 56.3 Å². The molecule has 2 aliphatic rings. The topological polar surface area (TPSA) is 71.1 Å². The lowest BCUT2D eigenvalue weighted by Crippen LogP contribution is -2.47. The number of halogens is 3. The number of anilines is 1. The number of ether oxygens (including phenoxy) is 2. The minimum absolute atomic E-state index is 0.0128. The van der Waals surface area contributed by atoms with E-state index in [0.29, 0.717) is 50.3 Å². The van der Waals surface area contributed by atoms with Crippen molar-refractivity contribution in [1.29, 1.82) is 0 Å². The molecular weight excluding hydrogens is 559 g/mol. The normalized spacial score (nSPS) is 17.2. The molecular formula is C33H38F3N3O4. The fraction of sp³-hybridized carbons (Fsp3) is 0.455. The number of carbonyl (C=O) groups is 2. The molecule has 0 spiro atoms. The lowest BCUT2D eigenvalue weighted by atomic mass is 10.0. The Morgan fingerprint density at radius 2 is 1.47 bits per heavy atom. The number of benzene rings is 3. The second kappa shape index (κ2) is 12.3. The summed E-state index contributed by atoms with van der Waals surface area (Å²) in [5, 5.41) is 4.99. The van der Waals surface area contributed by atoms with Crippen molar-refractivity contribution in [2.45, 2.75) is 70.4 Å². The second-order valence-corrected chi connectivity index (χ2v) is 12.3. The first-order valence-corrected chi connectivity index (χ1v) is 14.8. The number of carbonyl (C=O) groups excluding carboxylic acids is 2. The summed E-state index contributed by atoms with van der Waals surface area (Å²) in [6.07, 6.45) is -1.87. The van der Waals surface area contributed by atoms with Crippen molar-refractivity contribution in [3.63, 3.8) is 0 Å². The lowest BCUT2D eigenvalue weighted by Gasteiger charge is -2.34. The third-order valence-corrected chi connectivity index (χ3v) is 7.86. The first-order valence-electron chi connectivity index (χ1n) is 14.8. The molecule has 0 saturated carbocycles. The summed E-state index contributed by atoms with van der Waals surface area (Å²) < 4.78 is 50.4. The van der Waals surface area contributed by atoms with Gasteiger partial charge in [-0.05, 0) is 92.9 Å². The van der Waals surface area contributed by atoms with Gasteiger partial charge in [0.2, 0.25) is 0 Å². The van der Waals surface area contributed by atoms with Crippen LogP contribution >= 0.6 is 0 Å². The Balaban J connectivity index is 1.14. The van der Waals surface area contributed by atoms with Crippen molar-refractivity contribution < 1.29 is 32.2 Å². The lowest BCUT2D eigenvalue weighted by molar-refractivity contribution is -0.137. The van der Waals surface area contributed by atoms with Crippen LogP contribution in [0.15, 0.2) is 60.7 Å². The molecule has 0 unspecified atom stereocenters. The maximum Gasteiger partial charge on any atom is 0.416 e. The molecule has 230 valence electrons. The highest BCUT2D eigenvalue weighted by molar-refractivity contribution is 5.99. The van der Waals surface area contributed by atoms with Crippen molar-refractivity contribution in [1.82, 2.24) is 10.2 Å². The maximum absolute atomic E-state index is 13.1. The third-order valence-electron chi connectivity index (χ3n) is 7.86. The highest BCUT2D eigenvalue weighted by Crippen LogP contribution is 2.32. The van der Waals surface area contributed by atoms with E-state index in [1.165, 1.54) is 12.1 Å². The van der Waals surface area contributed by atoms with Gasteiger partial charge >= 0.3 is 12.3 Å². The summed E-state index contributed by atoms with van der Waals surface area (Å²) in [6.45, 7) is 7.96. The van der Waals surface area contributed by atoms with Crippen molar-refractivity contribution in [3.8, 4) is 5.75 Å². The SMILES string of the molecule is CC(C)(C)OC(=O)N1CCC(NC(=O)c2ccc3ccc(OC4CCN(c5ccc(C(F)(F)F)cc5)CC4)cc3c2)CC1. The van der Waals surface area contributed by atoms with Crippen LogP contribution in [-0.2, 0) is 10.9 Å². The number of fused-ring (bicyclic) bond motifs is 1. The van der Waals surface area contributed by atoms with Crippen LogP contribution < -0.4 is 15.0 Å². The van der Waals surface area contributed by atoms with Crippen LogP contribution in [-0.4, -0.2) is 60.8 Å². The summed E-state index contributed by atoms with van der Waals surface area (Å²) in [5.41, 5.74) is 0.145. The molecule has 2 heterocycles. The van der Waals surface area contributed by atoms with E-state index in [2.05, 4.69) is 10.2 Å². The van der Waals surface area contributed by atoms with E-state index in [1.54, 1.807) is 4.90 Å². The molecule has 0 atom stereocenters. The summed E-state index contributed by atoms with van der Waals surface area (Å²) in [6, 6.07) is 16.7. The van der Waals surface area contributed by atoms with Crippen LogP contribution in [0.5, 0.6) is 5.75 Å². The number of hydrogen-bond acceptors (Lipinski definition) is 5. The van der Waals surface area contributed by atoms with Gasteiger partial charge in [-0.3, -0.25) is 4.79 Å². The third kappa shape index (κ3) is 7.91. The second-order valence-electron chi connectivity index (χ2n) is 12.3. The van der Waals surface area contributed by atoms with Gasteiger partial charge in [0.1, 0.15) is 17.5 Å². The molecule has 2 saturated heterocycles. The van der Waals surface area contributed by atoms with Crippen LogP contribution in [0.2, 0.25) is 0 Å². The molecule has 2 amide bonds. The van der Waals surface area contributed by atoms with Crippen LogP contribution in [0.3, 0.4) is 0 Å². The first-order chi connectivity index (χ1) is 20.3. The van der Waals surface area contributed by atoms with Crippen LogP contribution in [0, 0.1) is 0 Å². The number of amides is 2. The molecule has 10 heteroatoms. The van der Waals surface area contributed by atoms with Crippen molar-refractivity contribution >= 4 is 28.5 Å². The highest BCUT2D eigenvalue weighted by atomic mass is 19.4. The molecule has 7 nitrogen and oxygen atoms in total. The van der Waals surface area contributed by atoms with E-state index in [1.807, 2.05) is 57.2 Å². The molecule has 1 N–H and O–H groups in total. The van der Waals surface area contributed by atoms with Gasteiger partial charge in [-0.15, -0.1) is 0 Å². The number of piperidine rings is 2. The first kappa shape index (κ1) is 30.5. The Kier molecular flexibility index (Phi) is 8.76. The van der Waals surface area contributed by atoms with E-state index >= 15 is 0 Å². The standard InChI is InChI=1S/C33H38F3N3O4/c1-32(2,3)43-31(41)39-16-12-26(13-17-39)37-30(40)23-5-4-22-6-11-29(21-24(22)20-23)42-28-14-18-38(19-15-28)27-9-7-25(8-10-27)33(34,35)36/h4-11,20-21,26,28H,12-19H2,1-3H3,(H,37,40). The Labute approximate surface area is 249 Å². The number of likely N-dealkylation sites (tertiary alicyclic amines) is 1. The minimum atomic E-state index is -4.34. The molecule has 2 fully saturated rings. The van der Waals surface area contributed by atoms with Gasteiger partial charge in [0.25, 0.3) is 5.91 Å². The van der Waals surface area contributed by atoms with Gasteiger partial charge in [0.05, 0.1) is 5.56 Å². The summed E-state index contributed by atoms with van der Waals surface area (Å²) >= 11 is 0. The Morgan fingerprint density at radius 3 is 2.09 bits per heavy atom. The predicted octanol–water partition coefficient (Wildman–Crippen LogP) is 7.04. The average molecular weight is 598 g/mol. The number of hydrogen-bond donors (Lipinski definition) is 1. The largest absolute Gasteiger partial charge is 0.490 e. The fourth-order valence-electron chi connectivity index (χ4n) is 5.53. The molecule has 3 aromatic rings. The zero-order valence-electron chi connectivity index (χ0n) is 24.7. The number of rotatable bonds is 5. The molecule has 3 aromatic carbocycles. The molecule has 0 radical (unpaired) electrons. The van der Waals surface area contributed by atoms with Crippen molar-refractivity contribution in [3.05, 3.63) is 71.8 Å². The monoisotopic (exact) mass is 597 g/mol. The summed E-state index contributed by atoms with van der Waals surface area (Å²) in [5.74, 6) is 0.562. The van der Waals surface area contributed by atoms with Crippen molar-refractivity contribution in [2.24, 2.45) is 0 Å². The molecule has 2 aliphatic heterocycles. The zero-order valence-corrected chi connectivity index (χ0v) is 24.7. The predicted molar refractivity (Wildman–Crippen MR) is 160 cm³/mol. The van der Waals surface area contributed by atoms with E-state index in [4.69, 9.17) is 9.47 Å². The Morgan fingerprint density at radius 1 is 0.814 bits per heavy atom. The molecule has 0 aliphatic carbocycles. The van der Waals surface area contributed by atoms with Crippen molar-refractivity contribution in [2.75, 3.05) is 31.1 Å². The molecule has 5 rings (SSSR count). The van der Waals surface area contributed by atoms with Gasteiger partial charge in [-0.25, -0.2) is 4.79 Å². The van der Waals surface area contributed by atoms with E-state index in [9.17, 15) is 22.8 Å². The van der Waals surface area contributed by atoms with Gasteiger partial charge < -0.3 is 24.6 Å². The van der Waals surface area contributed by atoms with Gasteiger partial charge in [0.15, 0.2) is 0 Å². The number of nitrogens with one attached hydrogen (secondary N) is 1. The average Bonchev–Trinajstić information content (AvgIpc) is 2.96. The van der Waals surface area contributed by atoms with E-state index < -0.39 is 17.3 Å². The quantitative estimate of drug-likeness (QED) is 0.342. The molecule has 0 aromatic heterocycles.